The molecule has 0 fully saturated rings. The Hall–Kier alpha value is -1.19. The average molecular weight is 339 g/mol. The van der Waals surface area contributed by atoms with Crippen molar-refractivity contribution in [2.75, 3.05) is 5.32 Å². The molecular formula is C15H13BrClNO. The summed E-state index contributed by atoms with van der Waals surface area (Å²) < 4.78 is 0.893. The van der Waals surface area contributed by atoms with E-state index in [9.17, 15) is 5.11 Å². The van der Waals surface area contributed by atoms with Crippen LogP contribution in [0.4, 0.5) is 5.69 Å². The Morgan fingerprint density at radius 2 is 2.11 bits per heavy atom. The summed E-state index contributed by atoms with van der Waals surface area (Å²) in [5, 5.41) is 14.4. The topological polar surface area (TPSA) is 32.3 Å². The second-order valence-electron chi connectivity index (χ2n) is 4.86. The summed E-state index contributed by atoms with van der Waals surface area (Å²) in [4.78, 5) is 0. The Balaban J connectivity index is 1.99. The number of phenolic OH excluding ortho intramolecular Hbond substituents is 1. The van der Waals surface area contributed by atoms with Gasteiger partial charge in [-0.15, -0.1) is 0 Å². The minimum absolute atomic E-state index is 0.0987. The minimum Gasteiger partial charge on any atom is -0.508 e. The molecule has 0 bridgehead atoms. The average Bonchev–Trinajstić information content (AvgIpc) is 2.69. The van der Waals surface area contributed by atoms with Gasteiger partial charge < -0.3 is 10.4 Å². The van der Waals surface area contributed by atoms with Crippen LogP contribution < -0.4 is 5.32 Å². The van der Waals surface area contributed by atoms with E-state index in [1.54, 1.807) is 6.07 Å². The zero-order valence-corrected chi connectivity index (χ0v) is 12.7. The van der Waals surface area contributed by atoms with Crippen LogP contribution in [0, 0.1) is 6.92 Å². The van der Waals surface area contributed by atoms with E-state index < -0.39 is 0 Å². The van der Waals surface area contributed by atoms with Crippen molar-refractivity contribution in [2.45, 2.75) is 19.4 Å². The Bertz CT molecular complexity index is 634. The number of fused-ring (bicyclic) bond motifs is 1. The largest absolute Gasteiger partial charge is 0.508 e. The zero-order valence-electron chi connectivity index (χ0n) is 10.4. The molecule has 2 aromatic rings. The molecule has 2 N–H and O–H groups in total. The highest BCUT2D eigenvalue weighted by atomic mass is 79.9. The first-order valence-electron chi connectivity index (χ1n) is 6.08. The van der Waals surface area contributed by atoms with Gasteiger partial charge in [0.15, 0.2) is 0 Å². The van der Waals surface area contributed by atoms with Gasteiger partial charge >= 0.3 is 0 Å². The molecule has 3 rings (SSSR count). The van der Waals surface area contributed by atoms with Crippen molar-refractivity contribution in [3.63, 3.8) is 0 Å². The van der Waals surface area contributed by atoms with Crippen LogP contribution in [0.1, 0.15) is 22.7 Å². The number of aromatic hydroxyl groups is 1. The summed E-state index contributed by atoms with van der Waals surface area (Å²) in [5.41, 5.74) is 4.31. The summed E-state index contributed by atoms with van der Waals surface area (Å²) in [6.45, 7) is 2.01. The van der Waals surface area contributed by atoms with Crippen molar-refractivity contribution >= 4 is 33.2 Å². The first kappa shape index (κ1) is 12.8. The number of nitrogens with one attached hydrogen (secondary N) is 1. The number of rotatable bonds is 1. The number of hydrogen-bond acceptors (Lipinski definition) is 2. The molecule has 2 aromatic carbocycles. The molecule has 1 aliphatic rings. The predicted octanol–water partition coefficient (Wildman–Crippen LogP) is 4.83. The standard InChI is InChI=1S/C15H13BrClNO/c1-8-4-10(16)7-14(19)15(8)13-6-9-5-11(17)2-3-12(9)18-13/h2-5,7,13,18-19H,6H2,1H3/t13-/m1/s1. The number of hydrogen-bond donors (Lipinski definition) is 2. The minimum atomic E-state index is 0.0987. The maximum Gasteiger partial charge on any atom is 0.122 e. The maximum atomic E-state index is 10.2. The van der Waals surface area contributed by atoms with Crippen molar-refractivity contribution in [1.29, 1.82) is 0 Å². The van der Waals surface area contributed by atoms with Gasteiger partial charge in [-0.3, -0.25) is 0 Å². The first-order chi connectivity index (χ1) is 9.04. The molecule has 0 aliphatic carbocycles. The van der Waals surface area contributed by atoms with Gasteiger partial charge in [0.05, 0.1) is 6.04 Å². The number of aryl methyl sites for hydroxylation is 1. The summed E-state index contributed by atoms with van der Waals surface area (Å²) in [5.74, 6) is 0.322. The first-order valence-corrected chi connectivity index (χ1v) is 7.25. The van der Waals surface area contributed by atoms with E-state index in [0.29, 0.717) is 5.75 Å². The van der Waals surface area contributed by atoms with Crippen molar-refractivity contribution in [2.24, 2.45) is 0 Å². The Labute approximate surface area is 125 Å². The SMILES string of the molecule is Cc1cc(Br)cc(O)c1[C@H]1Cc2cc(Cl)ccc2N1. The van der Waals surface area contributed by atoms with Crippen molar-refractivity contribution in [1.82, 2.24) is 0 Å². The fourth-order valence-electron chi connectivity index (χ4n) is 2.69. The number of halogens is 2. The molecule has 2 nitrogen and oxygen atoms in total. The van der Waals surface area contributed by atoms with Gasteiger partial charge in [0, 0.05) is 20.7 Å². The van der Waals surface area contributed by atoms with E-state index in [0.717, 1.165) is 32.7 Å². The quantitative estimate of drug-likeness (QED) is 0.781. The van der Waals surface area contributed by atoms with Gasteiger partial charge in [0.2, 0.25) is 0 Å². The van der Waals surface area contributed by atoms with Crippen LogP contribution in [0.5, 0.6) is 5.75 Å². The normalized spacial score (nSPS) is 17.1. The highest BCUT2D eigenvalue weighted by molar-refractivity contribution is 9.10. The third-order valence-corrected chi connectivity index (χ3v) is 4.19. The lowest BCUT2D eigenvalue weighted by molar-refractivity contribution is 0.463. The van der Waals surface area contributed by atoms with E-state index in [1.165, 1.54) is 5.56 Å². The molecule has 1 heterocycles. The molecule has 98 valence electrons. The fraction of sp³-hybridized carbons (Fsp3) is 0.200. The maximum absolute atomic E-state index is 10.2. The molecule has 4 heteroatoms. The summed E-state index contributed by atoms with van der Waals surface area (Å²) in [6.07, 6.45) is 0.839. The molecule has 0 saturated carbocycles. The van der Waals surface area contributed by atoms with Crippen LogP contribution in [0.2, 0.25) is 5.02 Å². The van der Waals surface area contributed by atoms with Crippen LogP contribution in [0.3, 0.4) is 0 Å². The molecule has 1 aliphatic heterocycles. The Morgan fingerprint density at radius 1 is 1.32 bits per heavy atom. The van der Waals surface area contributed by atoms with Gasteiger partial charge in [0.1, 0.15) is 5.75 Å². The van der Waals surface area contributed by atoms with Crippen LogP contribution in [-0.4, -0.2) is 5.11 Å². The van der Waals surface area contributed by atoms with Gasteiger partial charge in [-0.25, -0.2) is 0 Å². The van der Waals surface area contributed by atoms with E-state index in [4.69, 9.17) is 11.6 Å². The van der Waals surface area contributed by atoms with E-state index in [2.05, 4.69) is 21.2 Å². The Morgan fingerprint density at radius 3 is 2.84 bits per heavy atom. The van der Waals surface area contributed by atoms with Gasteiger partial charge in [-0.05, 0) is 54.8 Å². The van der Waals surface area contributed by atoms with Crippen molar-refractivity contribution < 1.29 is 5.11 Å². The monoisotopic (exact) mass is 337 g/mol. The zero-order chi connectivity index (χ0) is 13.6. The van der Waals surface area contributed by atoms with E-state index >= 15 is 0 Å². The Kier molecular flexibility index (Phi) is 3.19. The second-order valence-corrected chi connectivity index (χ2v) is 6.21. The van der Waals surface area contributed by atoms with Crippen LogP contribution >= 0.6 is 27.5 Å². The summed E-state index contributed by atoms with van der Waals surface area (Å²) in [6, 6.07) is 9.70. The van der Waals surface area contributed by atoms with Crippen LogP contribution in [0.15, 0.2) is 34.8 Å². The lowest BCUT2D eigenvalue weighted by Gasteiger charge is -2.16. The third-order valence-electron chi connectivity index (χ3n) is 3.50. The van der Waals surface area contributed by atoms with Crippen LogP contribution in [0.25, 0.3) is 0 Å². The van der Waals surface area contributed by atoms with E-state index in [1.807, 2.05) is 31.2 Å². The van der Waals surface area contributed by atoms with Crippen LogP contribution in [-0.2, 0) is 6.42 Å². The molecule has 0 spiro atoms. The lowest BCUT2D eigenvalue weighted by Crippen LogP contribution is -2.08. The van der Waals surface area contributed by atoms with Crippen molar-refractivity contribution in [3.05, 3.63) is 56.5 Å². The highest BCUT2D eigenvalue weighted by Crippen LogP contribution is 2.40. The smallest absolute Gasteiger partial charge is 0.122 e. The van der Waals surface area contributed by atoms with Gasteiger partial charge in [-0.2, -0.15) is 0 Å². The summed E-state index contributed by atoms with van der Waals surface area (Å²) in [7, 11) is 0. The van der Waals surface area contributed by atoms with Gasteiger partial charge in [-0.1, -0.05) is 27.5 Å². The molecule has 0 unspecified atom stereocenters. The predicted molar refractivity (Wildman–Crippen MR) is 82.1 cm³/mol. The van der Waals surface area contributed by atoms with Crippen molar-refractivity contribution in [3.8, 4) is 5.75 Å². The van der Waals surface area contributed by atoms with Gasteiger partial charge in [0.25, 0.3) is 0 Å². The number of anilines is 1. The fourth-order valence-corrected chi connectivity index (χ4v) is 3.45. The third kappa shape index (κ3) is 2.33. The number of phenols is 1. The molecule has 19 heavy (non-hydrogen) atoms. The number of benzene rings is 2. The highest BCUT2D eigenvalue weighted by Gasteiger charge is 2.25. The second kappa shape index (κ2) is 4.73. The molecule has 0 radical (unpaired) electrons. The molecule has 0 aromatic heterocycles. The molecule has 0 saturated heterocycles. The molecule has 0 amide bonds. The van der Waals surface area contributed by atoms with E-state index in [-0.39, 0.29) is 6.04 Å². The molecular weight excluding hydrogens is 326 g/mol. The molecule has 1 atom stereocenters. The summed E-state index contributed by atoms with van der Waals surface area (Å²) >= 11 is 9.41. The lowest BCUT2D eigenvalue weighted by atomic mass is 9.97.